The summed E-state index contributed by atoms with van der Waals surface area (Å²) in [5.74, 6) is 0. The van der Waals surface area contributed by atoms with Gasteiger partial charge in [-0.1, -0.05) is 60.7 Å². The van der Waals surface area contributed by atoms with Crippen LogP contribution in [0.3, 0.4) is 0 Å². The summed E-state index contributed by atoms with van der Waals surface area (Å²) >= 11 is 13.8. The first-order chi connectivity index (χ1) is 11.4. The molecule has 0 saturated heterocycles. The maximum absolute atomic E-state index is 6.89. The maximum Gasteiger partial charge on any atom is 0.0885 e. The zero-order valence-corrected chi connectivity index (χ0v) is 18.4. The Morgan fingerprint density at radius 3 is 1.40 bits per heavy atom. The fourth-order valence-electron chi connectivity index (χ4n) is 3.98. The SMILES string of the molecule is CC1(Cl)C(CCC2=Cc3ccccc3C2(C)Cl)=Cc2ccccc21.[Zr]. The van der Waals surface area contributed by atoms with Crippen LogP contribution in [0.25, 0.3) is 12.2 Å². The van der Waals surface area contributed by atoms with E-state index in [9.17, 15) is 0 Å². The van der Waals surface area contributed by atoms with E-state index in [-0.39, 0.29) is 26.2 Å². The van der Waals surface area contributed by atoms with E-state index in [1.54, 1.807) is 0 Å². The zero-order valence-electron chi connectivity index (χ0n) is 14.4. The van der Waals surface area contributed by atoms with Gasteiger partial charge in [0.25, 0.3) is 0 Å². The van der Waals surface area contributed by atoms with Crippen molar-refractivity contribution in [3.8, 4) is 0 Å². The largest absolute Gasteiger partial charge is 0.109 e. The predicted molar refractivity (Wildman–Crippen MR) is 104 cm³/mol. The Hall–Kier alpha value is -0.617. The molecule has 0 fully saturated rings. The second-order valence-corrected chi connectivity index (χ2v) is 8.53. The van der Waals surface area contributed by atoms with Crippen molar-refractivity contribution in [2.75, 3.05) is 0 Å². The van der Waals surface area contributed by atoms with Gasteiger partial charge in [-0.2, -0.15) is 0 Å². The molecule has 3 heteroatoms. The number of alkyl halides is 2. The molecule has 0 N–H and O–H groups in total. The third-order valence-electron chi connectivity index (χ3n) is 5.46. The van der Waals surface area contributed by atoms with Crippen molar-refractivity contribution < 1.29 is 26.2 Å². The summed E-state index contributed by atoms with van der Waals surface area (Å²) < 4.78 is 0. The van der Waals surface area contributed by atoms with Gasteiger partial charge >= 0.3 is 0 Å². The van der Waals surface area contributed by atoms with Gasteiger partial charge in [0.1, 0.15) is 0 Å². The molecule has 0 aliphatic heterocycles. The fourth-order valence-corrected chi connectivity index (χ4v) is 4.62. The molecule has 0 amide bonds. The molecule has 0 bridgehead atoms. The topological polar surface area (TPSA) is 0 Å². The standard InChI is InChI=1S/C22H20Cl2.Zr/c1-21(23)17(13-15-7-3-5-9-19(15)21)11-12-18-14-16-8-4-6-10-20(16)22(18,2)24;/h3-10,13-14H,11-12H2,1-2H3;. The summed E-state index contributed by atoms with van der Waals surface area (Å²) in [6, 6.07) is 16.8. The second kappa shape index (κ2) is 6.84. The number of benzene rings is 2. The van der Waals surface area contributed by atoms with Gasteiger partial charge in [-0.3, -0.25) is 0 Å². The molecule has 2 aliphatic carbocycles. The first kappa shape index (κ1) is 19.2. The number of halogens is 2. The molecular weight excluding hydrogens is 426 g/mol. The number of hydrogen-bond acceptors (Lipinski definition) is 0. The minimum absolute atomic E-state index is 0. The normalized spacial score (nSPS) is 26.4. The Balaban J connectivity index is 0.00000182. The van der Waals surface area contributed by atoms with Crippen molar-refractivity contribution in [2.45, 2.75) is 36.4 Å². The summed E-state index contributed by atoms with van der Waals surface area (Å²) in [4.78, 5) is -0.823. The van der Waals surface area contributed by atoms with Crippen molar-refractivity contribution >= 4 is 35.4 Å². The summed E-state index contributed by atoms with van der Waals surface area (Å²) in [7, 11) is 0. The van der Waals surface area contributed by atoms with E-state index in [1.165, 1.54) is 33.4 Å². The molecule has 2 aliphatic rings. The second-order valence-electron chi connectivity index (χ2n) is 7.02. The molecule has 25 heavy (non-hydrogen) atoms. The molecule has 0 saturated carbocycles. The average Bonchev–Trinajstić information content (AvgIpc) is 2.97. The van der Waals surface area contributed by atoms with Crippen LogP contribution in [0, 0.1) is 0 Å². The molecule has 0 spiro atoms. The fraction of sp³-hybridized carbons (Fsp3) is 0.273. The number of rotatable bonds is 3. The van der Waals surface area contributed by atoms with Gasteiger partial charge in [0.2, 0.25) is 0 Å². The maximum atomic E-state index is 6.89. The zero-order chi connectivity index (χ0) is 16.9. The van der Waals surface area contributed by atoms with Gasteiger partial charge in [-0.05, 0) is 60.1 Å². The van der Waals surface area contributed by atoms with Crippen LogP contribution >= 0.6 is 23.2 Å². The summed E-state index contributed by atoms with van der Waals surface area (Å²) in [5, 5.41) is 0. The average molecular weight is 447 g/mol. The van der Waals surface area contributed by atoms with Crippen LogP contribution in [0.15, 0.2) is 59.7 Å². The monoisotopic (exact) mass is 444 g/mol. The van der Waals surface area contributed by atoms with Crippen molar-refractivity contribution in [1.82, 2.24) is 0 Å². The molecular formula is C22H20Cl2Zr. The first-order valence-electron chi connectivity index (χ1n) is 8.39. The Morgan fingerprint density at radius 2 is 1.04 bits per heavy atom. The first-order valence-corrected chi connectivity index (χ1v) is 9.15. The number of fused-ring (bicyclic) bond motifs is 2. The Labute approximate surface area is 179 Å². The van der Waals surface area contributed by atoms with E-state index in [2.05, 4.69) is 74.5 Å². The van der Waals surface area contributed by atoms with Gasteiger partial charge in [0, 0.05) is 26.2 Å². The summed E-state index contributed by atoms with van der Waals surface area (Å²) in [5.41, 5.74) is 7.44. The van der Waals surface area contributed by atoms with Crippen LogP contribution in [-0.2, 0) is 36.0 Å². The van der Waals surface area contributed by atoms with E-state index in [4.69, 9.17) is 23.2 Å². The molecule has 2 unspecified atom stereocenters. The van der Waals surface area contributed by atoms with Gasteiger partial charge in [0.15, 0.2) is 0 Å². The van der Waals surface area contributed by atoms with Gasteiger partial charge < -0.3 is 0 Å². The Bertz CT molecular complexity index is 802. The molecule has 2 aromatic rings. The molecule has 0 radical (unpaired) electrons. The van der Waals surface area contributed by atoms with Crippen LogP contribution in [0.4, 0.5) is 0 Å². The van der Waals surface area contributed by atoms with Crippen LogP contribution in [0.1, 0.15) is 48.9 Å². The van der Waals surface area contributed by atoms with Crippen LogP contribution in [0.5, 0.6) is 0 Å². The van der Waals surface area contributed by atoms with Crippen molar-refractivity contribution in [2.24, 2.45) is 0 Å². The van der Waals surface area contributed by atoms with E-state index in [1.807, 2.05) is 0 Å². The van der Waals surface area contributed by atoms with E-state index < -0.39 is 9.75 Å². The molecule has 0 heterocycles. The molecule has 0 aromatic heterocycles. The molecule has 0 nitrogen and oxygen atoms in total. The third-order valence-corrected chi connectivity index (χ3v) is 6.36. The number of allylic oxidation sites excluding steroid dienone is 2. The summed E-state index contributed by atoms with van der Waals surface area (Å²) in [6.07, 6.45) is 6.35. The molecule has 126 valence electrons. The van der Waals surface area contributed by atoms with E-state index >= 15 is 0 Å². The predicted octanol–water partition coefficient (Wildman–Crippen LogP) is 6.87. The smallest absolute Gasteiger partial charge is 0.0885 e. The molecule has 4 rings (SSSR count). The third kappa shape index (κ3) is 3.14. The van der Waals surface area contributed by atoms with Crippen LogP contribution < -0.4 is 0 Å². The van der Waals surface area contributed by atoms with Gasteiger partial charge in [0.05, 0.1) is 9.75 Å². The van der Waals surface area contributed by atoms with Gasteiger partial charge in [-0.25, -0.2) is 0 Å². The Morgan fingerprint density at radius 1 is 0.680 bits per heavy atom. The summed E-state index contributed by atoms with van der Waals surface area (Å²) in [6.45, 7) is 4.20. The van der Waals surface area contributed by atoms with Gasteiger partial charge in [-0.15, -0.1) is 23.2 Å². The van der Waals surface area contributed by atoms with Crippen LogP contribution in [-0.4, -0.2) is 0 Å². The Kier molecular flexibility index (Phi) is 5.24. The minimum atomic E-state index is -0.411. The van der Waals surface area contributed by atoms with Crippen molar-refractivity contribution in [1.29, 1.82) is 0 Å². The minimum Gasteiger partial charge on any atom is -0.109 e. The van der Waals surface area contributed by atoms with E-state index in [0.29, 0.717) is 0 Å². The van der Waals surface area contributed by atoms with E-state index in [0.717, 1.165) is 12.8 Å². The number of hydrogen-bond donors (Lipinski definition) is 0. The van der Waals surface area contributed by atoms with Crippen molar-refractivity contribution in [3.63, 3.8) is 0 Å². The molecule has 2 atom stereocenters. The van der Waals surface area contributed by atoms with Crippen LogP contribution in [0.2, 0.25) is 0 Å². The molecule has 2 aromatic carbocycles. The quantitative estimate of drug-likeness (QED) is 0.452. The van der Waals surface area contributed by atoms with Crippen molar-refractivity contribution in [3.05, 3.63) is 81.9 Å².